The number of aromatic carboxylic acids is 1. The molecule has 0 radical (unpaired) electrons. The largest absolute Gasteiger partial charge is 0.478 e. The molecule has 0 fully saturated rings. The summed E-state index contributed by atoms with van der Waals surface area (Å²) in [5.74, 6) is -4.00. The van der Waals surface area contributed by atoms with Crippen molar-refractivity contribution in [3.8, 4) is 0 Å². The fourth-order valence-corrected chi connectivity index (χ4v) is 3.68. The van der Waals surface area contributed by atoms with E-state index in [9.17, 15) is 24.6 Å². The second-order valence-corrected chi connectivity index (χ2v) is 7.28. The highest BCUT2D eigenvalue weighted by Crippen LogP contribution is 2.39. The van der Waals surface area contributed by atoms with Gasteiger partial charge in [0.25, 0.3) is 0 Å². The molecule has 0 aromatic heterocycles. The monoisotopic (exact) mass is 433 g/mol. The number of aliphatic carboxylic acids is 1. The van der Waals surface area contributed by atoms with Gasteiger partial charge in [-0.25, -0.2) is 14.4 Å². The lowest BCUT2D eigenvalue weighted by Gasteiger charge is -2.29. The van der Waals surface area contributed by atoms with Gasteiger partial charge in [-0.2, -0.15) is 0 Å². The van der Waals surface area contributed by atoms with E-state index >= 15 is 0 Å². The first-order valence-corrected chi connectivity index (χ1v) is 9.93. The Balaban J connectivity index is 1.92. The van der Waals surface area contributed by atoms with Crippen LogP contribution in [-0.4, -0.2) is 34.7 Å². The van der Waals surface area contributed by atoms with Crippen LogP contribution in [0, 0.1) is 0 Å². The number of nitrogens with one attached hydrogen (secondary N) is 1. The van der Waals surface area contributed by atoms with Crippen molar-refractivity contribution in [3.05, 3.63) is 99.9 Å². The highest BCUT2D eigenvalue weighted by Gasteiger charge is 2.37. The van der Waals surface area contributed by atoms with Gasteiger partial charge in [0.2, 0.25) is 0 Å². The molecule has 32 heavy (non-hydrogen) atoms. The van der Waals surface area contributed by atoms with E-state index in [1.807, 2.05) is 36.4 Å². The topological polar surface area (TPSA) is 113 Å². The number of ether oxygens (including phenoxy) is 1. The van der Waals surface area contributed by atoms with Crippen molar-refractivity contribution in [3.63, 3.8) is 0 Å². The number of carboxylic acids is 2. The Bertz CT molecular complexity index is 1140. The number of carbonyl (C=O) groups excluding carboxylic acids is 1. The lowest BCUT2D eigenvalue weighted by molar-refractivity contribution is -0.138. The summed E-state index contributed by atoms with van der Waals surface area (Å²) < 4.78 is 5.41. The van der Waals surface area contributed by atoms with Crippen LogP contribution in [0.5, 0.6) is 0 Å². The number of carbonyl (C=O) groups is 3. The van der Waals surface area contributed by atoms with Crippen LogP contribution in [0.15, 0.2) is 83.2 Å². The molecule has 7 heteroatoms. The number of hydrogen-bond acceptors (Lipinski definition) is 5. The fourth-order valence-electron chi connectivity index (χ4n) is 3.68. The summed E-state index contributed by atoms with van der Waals surface area (Å²) in [5, 5.41) is 22.1. The van der Waals surface area contributed by atoms with Gasteiger partial charge in [0.15, 0.2) is 0 Å². The number of allylic oxidation sites excluding steroid dienone is 2. The summed E-state index contributed by atoms with van der Waals surface area (Å²) in [7, 11) is 0. The van der Waals surface area contributed by atoms with Gasteiger partial charge < -0.3 is 20.3 Å². The van der Waals surface area contributed by atoms with Gasteiger partial charge in [0.1, 0.15) is 6.61 Å². The third-order valence-corrected chi connectivity index (χ3v) is 5.10. The second-order valence-electron chi connectivity index (χ2n) is 7.28. The molecule has 1 atom stereocenters. The van der Waals surface area contributed by atoms with E-state index in [0.717, 1.165) is 5.56 Å². The van der Waals surface area contributed by atoms with Crippen LogP contribution in [-0.2, 0) is 14.3 Å². The van der Waals surface area contributed by atoms with E-state index in [-0.39, 0.29) is 23.3 Å². The van der Waals surface area contributed by atoms with Crippen molar-refractivity contribution in [1.82, 2.24) is 5.32 Å². The maximum absolute atomic E-state index is 13.0. The third kappa shape index (κ3) is 4.95. The molecule has 0 amide bonds. The molecule has 7 nitrogen and oxygen atoms in total. The summed E-state index contributed by atoms with van der Waals surface area (Å²) in [4.78, 5) is 36.5. The maximum Gasteiger partial charge on any atom is 0.337 e. The van der Waals surface area contributed by atoms with Crippen LogP contribution in [0.25, 0.3) is 6.08 Å². The first kappa shape index (κ1) is 22.6. The number of esters is 1. The van der Waals surface area contributed by atoms with Gasteiger partial charge in [-0.05, 0) is 43.2 Å². The number of carboxylic acid groups (broad SMARTS) is 2. The molecule has 3 rings (SSSR count). The van der Waals surface area contributed by atoms with Crippen LogP contribution in [0.3, 0.4) is 0 Å². The van der Waals surface area contributed by atoms with Gasteiger partial charge in [-0.15, -0.1) is 0 Å². The quantitative estimate of drug-likeness (QED) is 0.567. The molecule has 0 aliphatic carbocycles. The van der Waals surface area contributed by atoms with Gasteiger partial charge >= 0.3 is 17.9 Å². The van der Waals surface area contributed by atoms with E-state index in [1.165, 1.54) is 18.2 Å². The van der Waals surface area contributed by atoms with Crippen molar-refractivity contribution in [2.75, 3.05) is 6.61 Å². The Hall–Kier alpha value is -4.13. The van der Waals surface area contributed by atoms with Gasteiger partial charge in [-0.1, -0.05) is 48.5 Å². The predicted octanol–water partition coefficient (Wildman–Crippen LogP) is 3.96. The molecule has 1 unspecified atom stereocenters. The van der Waals surface area contributed by atoms with Crippen molar-refractivity contribution in [1.29, 1.82) is 0 Å². The molecule has 0 saturated carbocycles. The minimum absolute atomic E-state index is 0.000380. The standard InChI is InChI=1S/C25H23NO6/c1-15-20(24(29)30)22(18-11-6-12-19(14-18)23(27)28)21(16(2)26-15)25(31)32-13-7-10-17-8-4-3-5-9-17/h3-12,14,22,26H,13H2,1-2H3,(H,27,28)(H,29,30). The average molecular weight is 433 g/mol. The molecule has 2 aromatic carbocycles. The zero-order valence-electron chi connectivity index (χ0n) is 17.7. The van der Waals surface area contributed by atoms with Crippen LogP contribution in [0.2, 0.25) is 0 Å². The van der Waals surface area contributed by atoms with Crippen molar-refractivity contribution >= 4 is 24.0 Å². The minimum Gasteiger partial charge on any atom is -0.478 e. The van der Waals surface area contributed by atoms with Crippen LogP contribution in [0.1, 0.15) is 41.3 Å². The molecule has 164 valence electrons. The maximum atomic E-state index is 13.0. The third-order valence-electron chi connectivity index (χ3n) is 5.10. The summed E-state index contributed by atoms with van der Waals surface area (Å²) in [6.45, 7) is 3.26. The highest BCUT2D eigenvalue weighted by atomic mass is 16.5. The summed E-state index contributed by atoms with van der Waals surface area (Å²) in [6.07, 6.45) is 3.51. The Morgan fingerprint density at radius 1 is 0.938 bits per heavy atom. The van der Waals surface area contributed by atoms with Crippen LogP contribution < -0.4 is 5.32 Å². The molecular weight excluding hydrogens is 410 g/mol. The normalized spacial score (nSPS) is 16.1. The van der Waals surface area contributed by atoms with E-state index in [1.54, 1.807) is 26.0 Å². The van der Waals surface area contributed by atoms with Crippen molar-refractivity contribution in [2.45, 2.75) is 19.8 Å². The van der Waals surface area contributed by atoms with E-state index in [2.05, 4.69) is 5.32 Å². The molecule has 1 aliphatic rings. The summed E-state index contributed by atoms with van der Waals surface area (Å²) >= 11 is 0. The van der Waals surface area contributed by atoms with E-state index < -0.39 is 23.8 Å². The minimum atomic E-state index is -1.21. The zero-order valence-corrected chi connectivity index (χ0v) is 17.7. The zero-order chi connectivity index (χ0) is 23.3. The SMILES string of the molecule is CC1=C(C(=O)O)C(c2cccc(C(=O)O)c2)C(C(=O)OCC=Cc2ccccc2)=C(C)N1. The number of hydrogen-bond donors (Lipinski definition) is 3. The van der Waals surface area contributed by atoms with Crippen LogP contribution in [0.4, 0.5) is 0 Å². The molecule has 0 spiro atoms. The molecular formula is C25H23NO6. The first-order valence-electron chi connectivity index (χ1n) is 9.93. The fraction of sp³-hybridized carbons (Fsp3) is 0.160. The smallest absolute Gasteiger partial charge is 0.337 e. The average Bonchev–Trinajstić information content (AvgIpc) is 2.76. The number of dihydropyridines is 1. The Labute approximate surface area is 185 Å². The highest BCUT2D eigenvalue weighted by molar-refractivity contribution is 5.99. The second kappa shape index (κ2) is 9.78. The van der Waals surface area contributed by atoms with Gasteiger partial charge in [-0.3, -0.25) is 0 Å². The first-order chi connectivity index (χ1) is 15.3. The van der Waals surface area contributed by atoms with Gasteiger partial charge in [0.05, 0.1) is 22.6 Å². The number of benzene rings is 2. The predicted molar refractivity (Wildman–Crippen MR) is 119 cm³/mol. The van der Waals surface area contributed by atoms with Crippen molar-refractivity contribution < 1.29 is 29.3 Å². The molecule has 0 saturated heterocycles. The summed E-state index contributed by atoms with van der Waals surface area (Å²) in [6, 6.07) is 15.4. The molecule has 1 aliphatic heterocycles. The Morgan fingerprint density at radius 2 is 1.62 bits per heavy atom. The molecule has 1 heterocycles. The number of rotatable bonds is 7. The van der Waals surface area contributed by atoms with Gasteiger partial charge in [0, 0.05) is 11.4 Å². The Kier molecular flexibility index (Phi) is 6.90. The molecule has 2 aromatic rings. The van der Waals surface area contributed by atoms with Crippen LogP contribution >= 0.6 is 0 Å². The molecule has 0 bridgehead atoms. The molecule has 3 N–H and O–H groups in total. The lowest BCUT2D eigenvalue weighted by atomic mass is 9.80. The summed E-state index contributed by atoms with van der Waals surface area (Å²) in [5.41, 5.74) is 2.26. The van der Waals surface area contributed by atoms with Crippen molar-refractivity contribution in [2.24, 2.45) is 0 Å². The lowest BCUT2D eigenvalue weighted by Crippen LogP contribution is -2.32. The van der Waals surface area contributed by atoms with E-state index in [0.29, 0.717) is 17.0 Å². The Morgan fingerprint density at radius 3 is 2.28 bits per heavy atom. The van der Waals surface area contributed by atoms with E-state index in [4.69, 9.17) is 4.74 Å².